The van der Waals surface area contributed by atoms with E-state index in [9.17, 15) is 9.90 Å². The van der Waals surface area contributed by atoms with Gasteiger partial charge >= 0.3 is 5.97 Å². The van der Waals surface area contributed by atoms with Crippen molar-refractivity contribution in [1.29, 1.82) is 0 Å². The first-order chi connectivity index (χ1) is 11.0. The third kappa shape index (κ3) is 2.03. The number of carboxylic acids is 1. The van der Waals surface area contributed by atoms with Crippen LogP contribution in [0.3, 0.4) is 0 Å². The Morgan fingerprint density at radius 1 is 1.52 bits per heavy atom. The van der Waals surface area contributed by atoms with Gasteiger partial charge in [-0.25, -0.2) is 0 Å². The van der Waals surface area contributed by atoms with E-state index in [0.29, 0.717) is 0 Å². The average molecular weight is 314 g/mol. The minimum absolute atomic E-state index is 0.101. The van der Waals surface area contributed by atoms with Gasteiger partial charge in [0.15, 0.2) is 0 Å². The third-order valence-electron chi connectivity index (χ3n) is 5.69. The van der Waals surface area contributed by atoms with Crippen LogP contribution < -0.4 is 0 Å². The number of nitrogens with one attached hydrogen (secondary N) is 1. The van der Waals surface area contributed by atoms with Crippen molar-refractivity contribution < 1.29 is 14.6 Å². The number of aromatic nitrogens is 1. The van der Waals surface area contributed by atoms with Gasteiger partial charge in [0.25, 0.3) is 0 Å². The highest BCUT2D eigenvalue weighted by atomic mass is 16.5. The van der Waals surface area contributed by atoms with Crippen LogP contribution in [-0.2, 0) is 21.6 Å². The van der Waals surface area contributed by atoms with E-state index in [2.05, 4.69) is 41.3 Å². The molecule has 5 nitrogen and oxygen atoms in total. The number of ether oxygens (including phenoxy) is 1. The molecule has 1 unspecified atom stereocenters. The molecular formula is C18H22N2O3. The topological polar surface area (TPSA) is 65.6 Å². The van der Waals surface area contributed by atoms with Gasteiger partial charge in [-0.15, -0.1) is 0 Å². The summed E-state index contributed by atoms with van der Waals surface area (Å²) in [6, 6.07) is 6.54. The molecule has 1 aromatic carbocycles. The number of fused-ring (bicyclic) bond motifs is 2. The number of rotatable bonds is 3. The smallest absolute Gasteiger partial charge is 0.303 e. The molecule has 3 atom stereocenters. The Hall–Kier alpha value is -1.85. The first-order valence-corrected chi connectivity index (χ1v) is 8.12. The summed E-state index contributed by atoms with van der Waals surface area (Å²) in [6.45, 7) is 0.803. The number of aliphatic carboxylic acids is 1. The highest BCUT2D eigenvalue weighted by Crippen LogP contribution is 2.49. The van der Waals surface area contributed by atoms with Gasteiger partial charge in [0.2, 0.25) is 0 Å². The summed E-state index contributed by atoms with van der Waals surface area (Å²) in [4.78, 5) is 16.9. The second-order valence-corrected chi connectivity index (χ2v) is 6.96. The lowest BCUT2D eigenvalue weighted by molar-refractivity contribution is -0.146. The number of carboxylic acid groups (broad SMARTS) is 1. The van der Waals surface area contributed by atoms with E-state index in [1.54, 1.807) is 7.11 Å². The zero-order valence-electron chi connectivity index (χ0n) is 13.5. The largest absolute Gasteiger partial charge is 0.481 e. The van der Waals surface area contributed by atoms with E-state index >= 15 is 0 Å². The zero-order chi connectivity index (χ0) is 16.2. The van der Waals surface area contributed by atoms with E-state index < -0.39 is 11.6 Å². The molecule has 2 N–H and O–H groups in total. The van der Waals surface area contributed by atoms with Gasteiger partial charge in [-0.2, -0.15) is 0 Å². The van der Waals surface area contributed by atoms with E-state index in [1.165, 1.54) is 16.5 Å². The number of hydrogen-bond donors (Lipinski definition) is 2. The van der Waals surface area contributed by atoms with Crippen molar-refractivity contribution in [3.05, 3.63) is 35.5 Å². The zero-order valence-corrected chi connectivity index (χ0v) is 13.5. The van der Waals surface area contributed by atoms with Crippen molar-refractivity contribution in [1.82, 2.24) is 9.88 Å². The fourth-order valence-electron chi connectivity index (χ4n) is 4.82. The van der Waals surface area contributed by atoms with E-state index in [1.807, 2.05) is 0 Å². The van der Waals surface area contributed by atoms with Gasteiger partial charge in [0.05, 0.1) is 0 Å². The van der Waals surface area contributed by atoms with Crippen molar-refractivity contribution in [2.75, 3.05) is 20.7 Å². The van der Waals surface area contributed by atoms with E-state index in [0.717, 1.165) is 24.9 Å². The maximum Gasteiger partial charge on any atom is 0.303 e. The number of carbonyl (C=O) groups is 1. The normalized spacial score (nSPS) is 30.3. The maximum atomic E-state index is 11.2. The molecular weight excluding hydrogens is 292 g/mol. The van der Waals surface area contributed by atoms with Crippen molar-refractivity contribution in [3.63, 3.8) is 0 Å². The molecule has 0 saturated carbocycles. The highest BCUT2D eigenvalue weighted by Gasteiger charge is 2.51. The Kier molecular flexibility index (Phi) is 3.25. The monoisotopic (exact) mass is 314 g/mol. The van der Waals surface area contributed by atoms with Crippen LogP contribution in [0.25, 0.3) is 10.9 Å². The molecule has 1 aliphatic heterocycles. The Bertz CT molecular complexity index is 769. The van der Waals surface area contributed by atoms with Crippen LogP contribution in [0, 0.1) is 5.92 Å². The van der Waals surface area contributed by atoms with Crippen LogP contribution in [0.2, 0.25) is 0 Å². The SMILES string of the molecule is CO[C@]12CC(CC(=O)O)CN(C)[C@@H]1Cc1c[nH]c3cccc2c13. The quantitative estimate of drug-likeness (QED) is 0.913. The number of nitrogens with zero attached hydrogens (tertiary/aromatic N) is 1. The van der Waals surface area contributed by atoms with Gasteiger partial charge in [-0.1, -0.05) is 12.1 Å². The van der Waals surface area contributed by atoms with E-state index in [4.69, 9.17) is 4.74 Å². The van der Waals surface area contributed by atoms with Crippen LogP contribution in [-0.4, -0.2) is 47.7 Å². The second-order valence-electron chi connectivity index (χ2n) is 6.96. The number of methoxy groups -OCH3 is 1. The molecule has 4 rings (SSSR count). The Balaban J connectivity index is 1.87. The fraction of sp³-hybridized carbons (Fsp3) is 0.500. The number of aromatic amines is 1. The minimum Gasteiger partial charge on any atom is -0.481 e. The predicted molar refractivity (Wildman–Crippen MR) is 87.5 cm³/mol. The van der Waals surface area contributed by atoms with Gasteiger partial charge in [-0.3, -0.25) is 9.69 Å². The first kappa shape index (κ1) is 14.7. The number of likely N-dealkylation sites (tertiary alicyclic amines) is 1. The van der Waals surface area contributed by atoms with Crippen LogP contribution in [0.5, 0.6) is 0 Å². The molecule has 1 fully saturated rings. The number of hydrogen-bond acceptors (Lipinski definition) is 3. The summed E-state index contributed by atoms with van der Waals surface area (Å²) < 4.78 is 6.13. The summed E-state index contributed by atoms with van der Waals surface area (Å²) >= 11 is 0. The lowest BCUT2D eigenvalue weighted by Gasteiger charge is -2.53. The average Bonchev–Trinajstić information content (AvgIpc) is 2.93. The van der Waals surface area contributed by atoms with Crippen molar-refractivity contribution >= 4 is 16.9 Å². The van der Waals surface area contributed by atoms with Gasteiger partial charge in [0.1, 0.15) is 5.60 Å². The van der Waals surface area contributed by atoms with Gasteiger partial charge in [0, 0.05) is 43.2 Å². The van der Waals surface area contributed by atoms with Crippen molar-refractivity contribution in [2.45, 2.75) is 30.9 Å². The Labute approximate surface area is 135 Å². The van der Waals surface area contributed by atoms with Gasteiger partial charge in [-0.05, 0) is 43.0 Å². The minimum atomic E-state index is -0.732. The molecule has 2 aliphatic rings. The molecule has 0 radical (unpaired) electrons. The van der Waals surface area contributed by atoms with Crippen molar-refractivity contribution in [3.8, 4) is 0 Å². The van der Waals surface area contributed by atoms with Crippen LogP contribution in [0.4, 0.5) is 0 Å². The molecule has 5 heteroatoms. The molecule has 1 aliphatic carbocycles. The van der Waals surface area contributed by atoms with Crippen molar-refractivity contribution in [2.24, 2.45) is 5.92 Å². The molecule has 2 aromatic rings. The summed E-state index contributed by atoms with van der Waals surface area (Å²) in [7, 11) is 3.85. The molecule has 0 spiro atoms. The molecule has 0 amide bonds. The molecule has 1 aromatic heterocycles. The third-order valence-corrected chi connectivity index (χ3v) is 5.69. The van der Waals surface area contributed by atoms with Gasteiger partial charge < -0.3 is 14.8 Å². The highest BCUT2D eigenvalue weighted by molar-refractivity contribution is 5.88. The number of benzene rings is 1. The standard InChI is InChI=1S/C18H22N2O3/c1-20-10-11(6-16(21)22)8-18(23-2)13-4-3-5-14-17(13)12(9-19-14)7-15(18)20/h3-5,9,11,15,19H,6-8,10H2,1-2H3,(H,21,22)/t11?,15-,18+/m1/s1. The Morgan fingerprint density at radius 2 is 2.35 bits per heavy atom. The first-order valence-electron chi connectivity index (χ1n) is 8.12. The maximum absolute atomic E-state index is 11.2. The second kappa shape index (κ2) is 5.08. The summed E-state index contributed by atoms with van der Waals surface area (Å²) in [5, 5.41) is 10.5. The lowest BCUT2D eigenvalue weighted by Crippen LogP contribution is -2.59. The van der Waals surface area contributed by atoms with Crippen LogP contribution >= 0.6 is 0 Å². The predicted octanol–water partition coefficient (Wildman–Crippen LogP) is 2.36. The Morgan fingerprint density at radius 3 is 3.09 bits per heavy atom. The lowest BCUT2D eigenvalue weighted by atomic mass is 9.68. The fourth-order valence-corrected chi connectivity index (χ4v) is 4.82. The van der Waals surface area contributed by atoms with Crippen LogP contribution in [0.15, 0.2) is 24.4 Å². The molecule has 1 saturated heterocycles. The molecule has 122 valence electrons. The number of H-pyrrole nitrogens is 1. The summed E-state index contributed by atoms with van der Waals surface area (Å²) in [6.07, 6.45) is 3.98. The summed E-state index contributed by atoms with van der Waals surface area (Å²) in [5.74, 6) is -0.631. The molecule has 2 heterocycles. The molecule has 0 bridgehead atoms. The molecule has 23 heavy (non-hydrogen) atoms. The summed E-state index contributed by atoms with van der Waals surface area (Å²) in [5.41, 5.74) is 3.24. The van der Waals surface area contributed by atoms with Crippen LogP contribution in [0.1, 0.15) is 24.0 Å². The number of likely N-dealkylation sites (N-methyl/N-ethyl adjacent to an activating group) is 1. The van der Waals surface area contributed by atoms with E-state index in [-0.39, 0.29) is 18.4 Å². The number of piperidine rings is 1.